The molecule has 2 aliphatic heterocycles. The van der Waals surface area contributed by atoms with Gasteiger partial charge in [-0.05, 0) is 85.4 Å². The van der Waals surface area contributed by atoms with Crippen molar-refractivity contribution in [2.45, 2.75) is 75.9 Å². The Morgan fingerprint density at radius 1 is 0.953 bits per heavy atom. The first-order valence-electron chi connectivity index (χ1n) is 15.6. The van der Waals surface area contributed by atoms with Gasteiger partial charge in [-0.2, -0.15) is 0 Å². The molecule has 2 heterocycles. The van der Waals surface area contributed by atoms with Crippen LogP contribution in [-0.2, 0) is 29.6 Å². The summed E-state index contributed by atoms with van der Waals surface area (Å²) in [6.07, 6.45) is 6.86. The Hall–Kier alpha value is -2.57. The van der Waals surface area contributed by atoms with Gasteiger partial charge in [0.05, 0.1) is 0 Å². The van der Waals surface area contributed by atoms with E-state index in [0.717, 1.165) is 71.2 Å². The number of rotatable bonds is 9. The lowest BCUT2D eigenvalue weighted by atomic mass is 9.57. The van der Waals surface area contributed by atoms with E-state index in [2.05, 4.69) is 82.7 Å². The lowest BCUT2D eigenvalue weighted by Crippen LogP contribution is -2.61. The van der Waals surface area contributed by atoms with Gasteiger partial charge in [0.25, 0.3) is 0 Å². The van der Waals surface area contributed by atoms with Crippen LogP contribution < -0.4 is 5.32 Å². The molecule has 3 aromatic carbocycles. The highest BCUT2D eigenvalue weighted by molar-refractivity contribution is 5.85. The molecule has 3 aromatic rings. The van der Waals surface area contributed by atoms with E-state index in [0.29, 0.717) is 24.1 Å². The van der Waals surface area contributed by atoms with Gasteiger partial charge in [0.15, 0.2) is 0 Å². The molecule has 1 saturated carbocycles. The first-order chi connectivity index (χ1) is 20.0. The minimum Gasteiger partial charge on any atom is -0.508 e. The summed E-state index contributed by atoms with van der Waals surface area (Å²) in [5.74, 6) is 0.939. The lowest BCUT2D eigenvalue weighted by Gasteiger charge is -2.56. The lowest BCUT2D eigenvalue weighted by molar-refractivity contribution is -0.123. The van der Waals surface area contributed by atoms with Gasteiger partial charge in [-0.3, -0.25) is 14.6 Å². The number of phenolic OH excluding ortho intramolecular Hbond substituents is 1. The Morgan fingerprint density at radius 3 is 2.51 bits per heavy atom. The maximum atomic E-state index is 13.3. The zero-order valence-electron chi connectivity index (χ0n) is 25.3. The summed E-state index contributed by atoms with van der Waals surface area (Å²) in [6, 6.07) is 27.9. The Bertz CT molecular complexity index is 1340. The average molecular weight is 625 g/mol. The van der Waals surface area contributed by atoms with Crippen LogP contribution >= 0.6 is 24.8 Å². The maximum absolute atomic E-state index is 13.3. The Labute approximate surface area is 269 Å². The van der Waals surface area contributed by atoms with Crippen molar-refractivity contribution in [1.29, 1.82) is 0 Å². The van der Waals surface area contributed by atoms with Crippen molar-refractivity contribution in [2.75, 3.05) is 26.2 Å². The van der Waals surface area contributed by atoms with Crippen LogP contribution in [-0.4, -0.2) is 59.1 Å². The fraction of sp³-hybridized carbons (Fsp3) is 0.472. The van der Waals surface area contributed by atoms with E-state index < -0.39 is 0 Å². The number of hydrogen-bond acceptors (Lipinski definition) is 4. The molecule has 5 nitrogen and oxygen atoms in total. The first-order valence-corrected chi connectivity index (χ1v) is 15.6. The van der Waals surface area contributed by atoms with Gasteiger partial charge in [-0.15, -0.1) is 24.8 Å². The number of amides is 1. The van der Waals surface area contributed by atoms with E-state index in [-0.39, 0.29) is 42.2 Å². The number of benzene rings is 3. The molecule has 0 aromatic heterocycles. The van der Waals surface area contributed by atoms with Crippen LogP contribution in [0.1, 0.15) is 61.3 Å². The van der Waals surface area contributed by atoms with Gasteiger partial charge in [0.1, 0.15) is 5.75 Å². The monoisotopic (exact) mass is 623 g/mol. The molecule has 3 aliphatic rings. The summed E-state index contributed by atoms with van der Waals surface area (Å²) in [5, 5.41) is 13.9. The van der Waals surface area contributed by atoms with Crippen molar-refractivity contribution in [2.24, 2.45) is 5.92 Å². The second-order valence-electron chi connectivity index (χ2n) is 12.8. The number of aromatic hydroxyl groups is 1. The van der Waals surface area contributed by atoms with Crippen LogP contribution in [0.5, 0.6) is 5.75 Å². The van der Waals surface area contributed by atoms with Crippen molar-refractivity contribution in [3.05, 3.63) is 101 Å². The molecule has 6 rings (SSSR count). The van der Waals surface area contributed by atoms with E-state index in [4.69, 9.17) is 0 Å². The van der Waals surface area contributed by atoms with Crippen molar-refractivity contribution in [3.63, 3.8) is 0 Å². The third-order valence-corrected chi connectivity index (χ3v) is 10.1. The second kappa shape index (κ2) is 14.9. The summed E-state index contributed by atoms with van der Waals surface area (Å²) in [7, 11) is 0. The summed E-state index contributed by atoms with van der Waals surface area (Å²) in [4.78, 5) is 18.4. The van der Waals surface area contributed by atoms with Crippen LogP contribution in [0.4, 0.5) is 0 Å². The van der Waals surface area contributed by atoms with Gasteiger partial charge in [-0.25, -0.2) is 0 Å². The number of phenols is 1. The fourth-order valence-corrected chi connectivity index (χ4v) is 7.95. The van der Waals surface area contributed by atoms with Gasteiger partial charge < -0.3 is 10.4 Å². The third-order valence-electron chi connectivity index (χ3n) is 10.1. The van der Waals surface area contributed by atoms with E-state index in [1.807, 2.05) is 12.1 Å². The number of nitrogens with zero attached hydrogens (tertiary/aromatic N) is 2. The normalized spacial score (nSPS) is 25.1. The van der Waals surface area contributed by atoms with Crippen molar-refractivity contribution in [3.8, 4) is 5.75 Å². The molecule has 7 heteroatoms. The smallest absolute Gasteiger partial charge is 0.221 e. The molecule has 1 aliphatic carbocycles. The van der Waals surface area contributed by atoms with Crippen LogP contribution in [0.2, 0.25) is 0 Å². The Balaban J connectivity index is 0.00000212. The second-order valence-corrected chi connectivity index (χ2v) is 12.8. The average Bonchev–Trinajstić information content (AvgIpc) is 2.99. The largest absolute Gasteiger partial charge is 0.508 e. The number of nitrogens with one attached hydrogen (secondary N) is 1. The molecule has 232 valence electrons. The third kappa shape index (κ3) is 7.75. The van der Waals surface area contributed by atoms with E-state index in [1.54, 1.807) is 6.07 Å². The van der Waals surface area contributed by atoms with Crippen molar-refractivity contribution >= 4 is 30.7 Å². The summed E-state index contributed by atoms with van der Waals surface area (Å²) < 4.78 is 0. The van der Waals surface area contributed by atoms with Crippen LogP contribution in [0, 0.1) is 5.92 Å². The molecule has 1 amide bonds. The number of hydrogen-bond donors (Lipinski definition) is 2. The molecule has 2 fully saturated rings. The molecular formula is C36H47Cl2N3O2. The minimum atomic E-state index is -0.0356. The van der Waals surface area contributed by atoms with E-state index in [9.17, 15) is 9.90 Å². The van der Waals surface area contributed by atoms with Crippen LogP contribution in [0.15, 0.2) is 78.9 Å². The molecule has 0 unspecified atom stereocenters. The van der Waals surface area contributed by atoms with Gasteiger partial charge in [0.2, 0.25) is 5.91 Å². The van der Waals surface area contributed by atoms with E-state index in [1.165, 1.54) is 22.3 Å². The number of piperidine rings is 1. The standard InChI is InChI=1S/C36H45N3O2.2ClH/c1-27-25-39(18-8-11-28-9-3-2-4-10-28)33-22-32(23-36(27,24-33)31-14-7-15-34(40)21-31)37-35(41)17-20-38-19-16-29-12-5-6-13-30(29)26-38;;/h2-7,9-10,12-15,21,27,32-33,40H,8,11,16-20,22-26H2,1H3,(H,37,41);2*1H/t27-,32+,33+,36+;;/m1../s1. The topological polar surface area (TPSA) is 55.8 Å². The number of halogens is 2. The number of fused-ring (bicyclic) bond motifs is 3. The van der Waals surface area contributed by atoms with Crippen molar-refractivity contribution in [1.82, 2.24) is 15.1 Å². The van der Waals surface area contributed by atoms with Gasteiger partial charge in [-0.1, -0.05) is 73.7 Å². The Kier molecular flexibility index (Phi) is 11.6. The first kappa shape index (κ1) is 33.3. The van der Waals surface area contributed by atoms with E-state index >= 15 is 0 Å². The predicted octanol–water partition coefficient (Wildman–Crippen LogP) is 6.54. The molecular weight excluding hydrogens is 577 g/mol. The summed E-state index contributed by atoms with van der Waals surface area (Å²) in [6.45, 7) is 7.28. The fourth-order valence-electron chi connectivity index (χ4n) is 7.95. The van der Waals surface area contributed by atoms with Crippen LogP contribution in [0.25, 0.3) is 0 Å². The molecule has 0 radical (unpaired) electrons. The Morgan fingerprint density at radius 2 is 1.72 bits per heavy atom. The highest BCUT2D eigenvalue weighted by Gasteiger charge is 2.51. The molecule has 1 saturated heterocycles. The van der Waals surface area contributed by atoms with Gasteiger partial charge >= 0.3 is 0 Å². The highest BCUT2D eigenvalue weighted by atomic mass is 35.5. The van der Waals surface area contributed by atoms with Gasteiger partial charge in [0, 0.05) is 50.1 Å². The summed E-state index contributed by atoms with van der Waals surface area (Å²) >= 11 is 0. The van der Waals surface area contributed by atoms with Crippen molar-refractivity contribution < 1.29 is 9.90 Å². The zero-order valence-corrected chi connectivity index (χ0v) is 26.9. The minimum absolute atomic E-state index is 0. The number of carbonyl (C=O) groups excluding carboxylic acids is 1. The predicted molar refractivity (Wildman–Crippen MR) is 179 cm³/mol. The molecule has 4 atom stereocenters. The molecule has 43 heavy (non-hydrogen) atoms. The number of likely N-dealkylation sites (tertiary alicyclic amines) is 1. The SMILES string of the molecule is C[C@@H]1CN(CCCc2ccccc2)[C@H]2C[C@H](NC(=O)CCN3CCc4ccccc4C3)C[C@]1(c1cccc(O)c1)C2.Cl.Cl. The molecule has 2 N–H and O–H groups in total. The molecule has 2 bridgehead atoms. The molecule has 0 spiro atoms. The quantitative estimate of drug-likeness (QED) is 0.284. The van der Waals surface area contributed by atoms with Crippen LogP contribution in [0.3, 0.4) is 0 Å². The number of aryl methyl sites for hydroxylation is 1. The summed E-state index contributed by atoms with van der Waals surface area (Å²) in [5.41, 5.74) is 5.43. The zero-order chi connectivity index (χ0) is 28.2. The maximum Gasteiger partial charge on any atom is 0.221 e. The number of carbonyl (C=O) groups is 1. The highest BCUT2D eigenvalue weighted by Crippen LogP contribution is 2.50.